The van der Waals surface area contributed by atoms with Crippen LogP contribution in [-0.4, -0.2) is 17.2 Å². The number of nitrogens with zero attached hydrogens (tertiary/aromatic N) is 2. The molecule has 0 spiro atoms. The maximum absolute atomic E-state index is 11.9. The molecular weight excluding hydrogens is 318 g/mol. The number of aromatic hydroxyl groups is 1. The molecule has 2 N–H and O–H groups in total. The lowest BCUT2D eigenvalue weighted by Crippen LogP contribution is -2.17. The second-order valence-electron chi connectivity index (χ2n) is 5.14. The lowest BCUT2D eigenvalue weighted by molar-refractivity contribution is 0.0955. The molecule has 0 saturated carbocycles. The minimum absolute atomic E-state index is 0.0889. The van der Waals surface area contributed by atoms with Gasteiger partial charge < -0.3 is 9.52 Å². The molecule has 3 rings (SSSR count). The van der Waals surface area contributed by atoms with Gasteiger partial charge in [0, 0.05) is 11.1 Å². The minimum Gasteiger partial charge on any atom is -0.508 e. The molecule has 1 aromatic heterocycles. The van der Waals surface area contributed by atoms with E-state index < -0.39 is 5.91 Å². The smallest absolute Gasteiger partial charge is 0.271 e. The Bertz CT molecular complexity index is 949. The van der Waals surface area contributed by atoms with Gasteiger partial charge in [-0.3, -0.25) is 4.79 Å². The van der Waals surface area contributed by atoms with Gasteiger partial charge in [0.1, 0.15) is 17.3 Å². The lowest BCUT2D eigenvalue weighted by atomic mass is 10.1. The van der Waals surface area contributed by atoms with Crippen LogP contribution in [-0.2, 0) is 0 Å². The van der Waals surface area contributed by atoms with Crippen LogP contribution in [0.25, 0.3) is 11.3 Å². The summed E-state index contributed by atoms with van der Waals surface area (Å²) in [6.07, 6.45) is 1.39. The maximum Gasteiger partial charge on any atom is 0.271 e. The summed E-state index contributed by atoms with van der Waals surface area (Å²) in [5.41, 5.74) is 4.18. The number of amides is 1. The van der Waals surface area contributed by atoms with Gasteiger partial charge in [-0.1, -0.05) is 0 Å². The Hall–Kier alpha value is -3.85. The normalized spacial score (nSPS) is 10.5. The monoisotopic (exact) mass is 331 g/mol. The largest absolute Gasteiger partial charge is 0.508 e. The van der Waals surface area contributed by atoms with Crippen molar-refractivity contribution in [3.63, 3.8) is 0 Å². The van der Waals surface area contributed by atoms with Gasteiger partial charge in [0.25, 0.3) is 5.91 Å². The summed E-state index contributed by atoms with van der Waals surface area (Å²) < 4.78 is 5.63. The van der Waals surface area contributed by atoms with Crippen molar-refractivity contribution in [2.45, 2.75) is 0 Å². The van der Waals surface area contributed by atoms with Crippen LogP contribution in [0.3, 0.4) is 0 Å². The number of phenolic OH excluding ortho intramolecular Hbond substituents is 1. The Morgan fingerprint density at radius 2 is 1.80 bits per heavy atom. The van der Waals surface area contributed by atoms with Gasteiger partial charge in [0.05, 0.1) is 17.8 Å². The maximum atomic E-state index is 11.9. The Morgan fingerprint density at radius 1 is 1.08 bits per heavy atom. The van der Waals surface area contributed by atoms with E-state index in [1.54, 1.807) is 36.4 Å². The highest BCUT2D eigenvalue weighted by Gasteiger charge is 2.05. The van der Waals surface area contributed by atoms with Crippen LogP contribution < -0.4 is 5.43 Å². The summed E-state index contributed by atoms with van der Waals surface area (Å²) >= 11 is 0. The van der Waals surface area contributed by atoms with Crippen molar-refractivity contribution in [3.05, 3.63) is 77.6 Å². The molecule has 2 aromatic carbocycles. The number of benzene rings is 2. The van der Waals surface area contributed by atoms with Gasteiger partial charge in [-0.25, -0.2) is 5.43 Å². The SMILES string of the molecule is N#Cc1ccc(-c2ccc(/C=N\NC(=O)c3ccc(O)cc3)o2)cc1. The Labute approximate surface area is 143 Å². The van der Waals surface area contributed by atoms with Crippen LogP contribution in [0, 0.1) is 11.3 Å². The molecule has 25 heavy (non-hydrogen) atoms. The summed E-state index contributed by atoms with van der Waals surface area (Å²) in [6, 6.07) is 18.4. The first-order valence-corrected chi connectivity index (χ1v) is 7.38. The molecule has 0 unspecified atom stereocenters. The molecule has 0 radical (unpaired) electrons. The number of rotatable bonds is 4. The van der Waals surface area contributed by atoms with Crippen molar-refractivity contribution in [2.75, 3.05) is 0 Å². The number of nitrogens with one attached hydrogen (secondary N) is 1. The summed E-state index contributed by atoms with van der Waals surface area (Å²) in [5.74, 6) is 0.808. The molecule has 0 bridgehead atoms. The third-order valence-electron chi connectivity index (χ3n) is 3.41. The van der Waals surface area contributed by atoms with E-state index in [-0.39, 0.29) is 5.75 Å². The molecular formula is C19H13N3O3. The first-order valence-electron chi connectivity index (χ1n) is 7.38. The molecule has 1 heterocycles. The predicted molar refractivity (Wildman–Crippen MR) is 92.0 cm³/mol. The van der Waals surface area contributed by atoms with E-state index in [4.69, 9.17) is 9.68 Å². The van der Waals surface area contributed by atoms with E-state index in [1.165, 1.54) is 30.5 Å². The highest BCUT2D eigenvalue weighted by molar-refractivity contribution is 5.94. The molecule has 3 aromatic rings. The average molecular weight is 331 g/mol. The van der Waals surface area contributed by atoms with Crippen LogP contribution in [0.5, 0.6) is 5.75 Å². The molecule has 0 aliphatic rings. The number of phenols is 1. The van der Waals surface area contributed by atoms with E-state index in [9.17, 15) is 9.90 Å². The van der Waals surface area contributed by atoms with Crippen molar-refractivity contribution in [2.24, 2.45) is 5.10 Å². The number of carbonyl (C=O) groups excluding carboxylic acids is 1. The number of furan rings is 1. The van der Waals surface area contributed by atoms with Gasteiger partial charge >= 0.3 is 0 Å². The second-order valence-corrected chi connectivity index (χ2v) is 5.14. The first-order chi connectivity index (χ1) is 12.2. The second kappa shape index (κ2) is 7.15. The molecule has 122 valence electrons. The average Bonchev–Trinajstić information content (AvgIpc) is 3.11. The fourth-order valence-corrected chi connectivity index (χ4v) is 2.12. The molecule has 0 saturated heterocycles. The standard InChI is InChI=1S/C19H13N3O3/c20-11-13-1-3-14(4-2-13)18-10-9-17(25-18)12-21-22-19(24)15-5-7-16(23)8-6-15/h1-10,12,23H,(H,22,24)/b21-12-. The zero-order chi connectivity index (χ0) is 17.6. The van der Waals surface area contributed by atoms with Crippen molar-refractivity contribution >= 4 is 12.1 Å². The zero-order valence-corrected chi connectivity index (χ0v) is 13.0. The van der Waals surface area contributed by atoms with E-state index in [0.717, 1.165) is 5.56 Å². The lowest BCUT2D eigenvalue weighted by Gasteiger charge is -1.99. The Kier molecular flexibility index (Phi) is 4.58. The van der Waals surface area contributed by atoms with Crippen molar-refractivity contribution in [1.29, 1.82) is 5.26 Å². The number of hydrogen-bond donors (Lipinski definition) is 2. The summed E-state index contributed by atoms with van der Waals surface area (Å²) in [6.45, 7) is 0. The molecule has 6 nitrogen and oxygen atoms in total. The third-order valence-corrected chi connectivity index (χ3v) is 3.41. The van der Waals surface area contributed by atoms with Gasteiger partial charge in [-0.05, 0) is 60.7 Å². The van der Waals surface area contributed by atoms with Crippen molar-refractivity contribution < 1.29 is 14.3 Å². The van der Waals surface area contributed by atoms with E-state index in [2.05, 4.69) is 16.6 Å². The molecule has 0 atom stereocenters. The highest BCUT2D eigenvalue weighted by Crippen LogP contribution is 2.21. The summed E-state index contributed by atoms with van der Waals surface area (Å²) in [7, 11) is 0. The molecule has 0 fully saturated rings. The molecule has 0 aliphatic heterocycles. The van der Waals surface area contributed by atoms with Gasteiger partial charge in [-0.2, -0.15) is 10.4 Å². The van der Waals surface area contributed by atoms with Crippen LogP contribution in [0.15, 0.2) is 70.2 Å². The quantitative estimate of drug-likeness (QED) is 0.566. The van der Waals surface area contributed by atoms with E-state index >= 15 is 0 Å². The zero-order valence-electron chi connectivity index (χ0n) is 13.0. The van der Waals surface area contributed by atoms with Crippen LogP contribution in [0.1, 0.15) is 21.7 Å². The number of hydrazone groups is 1. The molecule has 6 heteroatoms. The molecule has 1 amide bonds. The van der Waals surface area contributed by atoms with Gasteiger partial charge in [0.2, 0.25) is 0 Å². The molecule has 0 aliphatic carbocycles. The highest BCUT2D eigenvalue weighted by atomic mass is 16.3. The Morgan fingerprint density at radius 3 is 2.48 bits per heavy atom. The predicted octanol–water partition coefficient (Wildman–Crippen LogP) is 3.29. The summed E-state index contributed by atoms with van der Waals surface area (Å²) in [4.78, 5) is 11.9. The summed E-state index contributed by atoms with van der Waals surface area (Å²) in [5, 5.41) is 21.9. The van der Waals surface area contributed by atoms with Crippen LogP contribution >= 0.6 is 0 Å². The van der Waals surface area contributed by atoms with Crippen molar-refractivity contribution in [1.82, 2.24) is 5.43 Å². The van der Waals surface area contributed by atoms with Gasteiger partial charge in [-0.15, -0.1) is 0 Å². The first kappa shape index (κ1) is 16.0. The minimum atomic E-state index is -0.393. The van der Waals surface area contributed by atoms with Crippen LogP contribution in [0.4, 0.5) is 0 Å². The topological polar surface area (TPSA) is 98.6 Å². The van der Waals surface area contributed by atoms with Crippen LogP contribution in [0.2, 0.25) is 0 Å². The third kappa shape index (κ3) is 3.92. The fourth-order valence-electron chi connectivity index (χ4n) is 2.12. The van der Waals surface area contributed by atoms with Gasteiger partial charge in [0.15, 0.2) is 0 Å². The Balaban J connectivity index is 1.64. The number of hydrogen-bond acceptors (Lipinski definition) is 5. The fraction of sp³-hybridized carbons (Fsp3) is 0. The number of carbonyl (C=O) groups is 1. The number of nitriles is 1. The van der Waals surface area contributed by atoms with Crippen molar-refractivity contribution in [3.8, 4) is 23.1 Å². The van der Waals surface area contributed by atoms with E-state index in [0.29, 0.717) is 22.6 Å². The van der Waals surface area contributed by atoms with E-state index in [1.807, 2.05) is 0 Å².